The van der Waals surface area contributed by atoms with E-state index in [9.17, 15) is 28.8 Å². The monoisotopic (exact) mass is 601 g/mol. The highest BCUT2D eigenvalue weighted by Gasteiger charge is 2.44. The van der Waals surface area contributed by atoms with E-state index in [-0.39, 0.29) is 40.7 Å². The van der Waals surface area contributed by atoms with Gasteiger partial charge < -0.3 is 10.6 Å². The summed E-state index contributed by atoms with van der Waals surface area (Å²) >= 11 is 0. The minimum absolute atomic E-state index is 0.0361. The van der Waals surface area contributed by atoms with Crippen LogP contribution in [-0.4, -0.2) is 57.4 Å². The molecule has 232 valence electrons. The number of benzene rings is 1. The third-order valence-corrected chi connectivity index (χ3v) is 7.82. The quantitative estimate of drug-likeness (QED) is 0.456. The molecule has 2 atom stereocenters. The number of imide groups is 2. The minimum atomic E-state index is -0.758. The molecule has 4 heterocycles. The molecule has 6 amide bonds. The number of hydrogen-bond acceptors (Lipinski definition) is 7. The van der Waals surface area contributed by atoms with Crippen LogP contribution in [0.1, 0.15) is 110 Å². The lowest BCUT2D eigenvalue weighted by Gasteiger charge is -2.29. The molecule has 5 rings (SSSR count). The number of hydrogen-bond donors (Lipinski definition) is 3. The Morgan fingerprint density at radius 1 is 0.841 bits per heavy atom. The Bertz CT molecular complexity index is 1550. The van der Waals surface area contributed by atoms with Gasteiger partial charge in [0.15, 0.2) is 0 Å². The van der Waals surface area contributed by atoms with Crippen LogP contribution in [0.25, 0.3) is 0 Å². The highest BCUT2D eigenvalue weighted by molar-refractivity contribution is 6.23. The van der Waals surface area contributed by atoms with Gasteiger partial charge in [-0.05, 0) is 59.4 Å². The van der Waals surface area contributed by atoms with E-state index in [1.807, 2.05) is 32.9 Å². The topological polar surface area (TPSA) is 155 Å². The zero-order valence-electron chi connectivity index (χ0n) is 26.0. The average molecular weight is 602 g/mol. The number of rotatable bonds is 3. The summed E-state index contributed by atoms with van der Waals surface area (Å²) in [6.07, 6.45) is 3.20. The van der Waals surface area contributed by atoms with Gasteiger partial charge in [0.25, 0.3) is 17.7 Å². The number of amides is 6. The Hall–Kier alpha value is -4.67. The van der Waals surface area contributed by atoms with Gasteiger partial charge in [0.05, 0.1) is 11.1 Å². The summed E-state index contributed by atoms with van der Waals surface area (Å²) in [5, 5.41) is 7.43. The second kappa shape index (κ2) is 12.1. The zero-order chi connectivity index (χ0) is 32.6. The Kier molecular flexibility index (Phi) is 8.90. The van der Waals surface area contributed by atoms with E-state index in [4.69, 9.17) is 0 Å². The summed E-state index contributed by atoms with van der Waals surface area (Å²) in [6, 6.07) is 7.39. The molecule has 3 aliphatic rings. The van der Waals surface area contributed by atoms with Crippen molar-refractivity contribution in [2.24, 2.45) is 0 Å². The number of nitrogens with zero attached hydrogens (tertiary/aromatic N) is 2. The molecule has 1 aromatic heterocycles. The number of allylic oxidation sites excluding steroid dienone is 1. The van der Waals surface area contributed by atoms with Crippen LogP contribution >= 0.6 is 0 Å². The minimum Gasteiger partial charge on any atom is -0.339 e. The first-order valence-electron chi connectivity index (χ1n) is 14.6. The van der Waals surface area contributed by atoms with Gasteiger partial charge in [0.2, 0.25) is 17.7 Å². The summed E-state index contributed by atoms with van der Waals surface area (Å²) < 4.78 is 0. The number of pyridine rings is 1. The maximum absolute atomic E-state index is 12.7. The first-order chi connectivity index (χ1) is 20.5. The summed E-state index contributed by atoms with van der Waals surface area (Å²) in [4.78, 5) is 77.4. The molecular formula is C33H39N5O6. The Morgan fingerprint density at radius 3 is 2.05 bits per heavy atom. The maximum atomic E-state index is 12.7. The maximum Gasteiger partial charge on any atom is 0.270 e. The predicted molar refractivity (Wildman–Crippen MR) is 163 cm³/mol. The molecule has 2 saturated heterocycles. The van der Waals surface area contributed by atoms with Gasteiger partial charge in [0, 0.05) is 18.3 Å². The van der Waals surface area contributed by atoms with E-state index >= 15 is 0 Å². The van der Waals surface area contributed by atoms with Crippen molar-refractivity contribution in [1.29, 1.82) is 0 Å². The highest BCUT2D eigenvalue weighted by atomic mass is 16.2. The lowest BCUT2D eigenvalue weighted by atomic mass is 9.85. The number of carbonyl (C=O) groups is 6. The molecule has 44 heavy (non-hydrogen) atoms. The average Bonchev–Trinajstić information content (AvgIpc) is 3.19. The lowest BCUT2D eigenvalue weighted by molar-refractivity contribution is -0.134. The van der Waals surface area contributed by atoms with Crippen molar-refractivity contribution in [3.8, 4) is 0 Å². The molecule has 2 aromatic rings. The summed E-state index contributed by atoms with van der Waals surface area (Å²) in [7, 11) is 0. The Balaban J connectivity index is 0.000000202. The molecule has 2 fully saturated rings. The van der Waals surface area contributed by atoms with Gasteiger partial charge in [-0.3, -0.25) is 44.0 Å². The first-order valence-corrected chi connectivity index (χ1v) is 14.6. The lowest BCUT2D eigenvalue weighted by Crippen LogP contribution is -2.52. The van der Waals surface area contributed by atoms with Crippen LogP contribution in [0.15, 0.2) is 48.8 Å². The molecule has 0 aliphatic carbocycles. The van der Waals surface area contributed by atoms with Gasteiger partial charge in [0.1, 0.15) is 17.8 Å². The standard InChI is InChI=1S/C18H20N2O3.C15H19N3O3/c1-10-5-8-14(15(21)19-10)20-16(22)12-7-6-11(18(2,3)4)9-13(12)17(20)23;1-15(2,3)9-4-5-10(16-8-9)13(20)17-11-6-7-12(19)18-14(11)21/h6-7,9,14H,1,5,8H2,2-4H3,(H,19,21);4-5,8,11H,6-7H2,1-3H3,(H,17,20)(H,18,19,21). The molecule has 11 nitrogen and oxygen atoms in total. The smallest absolute Gasteiger partial charge is 0.270 e. The first kappa shape index (κ1) is 32.2. The van der Waals surface area contributed by atoms with Crippen LogP contribution in [0.5, 0.6) is 0 Å². The van der Waals surface area contributed by atoms with Crippen molar-refractivity contribution in [1.82, 2.24) is 25.8 Å². The van der Waals surface area contributed by atoms with Gasteiger partial charge >= 0.3 is 0 Å². The van der Waals surface area contributed by atoms with E-state index in [0.29, 0.717) is 36.1 Å². The highest BCUT2D eigenvalue weighted by Crippen LogP contribution is 2.32. The van der Waals surface area contributed by atoms with Crippen LogP contribution in [0.2, 0.25) is 0 Å². The molecule has 1 aromatic carbocycles. The van der Waals surface area contributed by atoms with E-state index < -0.39 is 29.8 Å². The van der Waals surface area contributed by atoms with Crippen LogP contribution in [-0.2, 0) is 25.2 Å². The largest absolute Gasteiger partial charge is 0.339 e. The van der Waals surface area contributed by atoms with E-state index in [1.54, 1.807) is 24.4 Å². The summed E-state index contributed by atoms with van der Waals surface area (Å²) in [5.41, 5.74) is 3.50. The summed E-state index contributed by atoms with van der Waals surface area (Å²) in [6.45, 7) is 16.1. The van der Waals surface area contributed by atoms with E-state index in [0.717, 1.165) is 16.0 Å². The van der Waals surface area contributed by atoms with Crippen molar-refractivity contribution >= 4 is 35.4 Å². The molecule has 3 N–H and O–H groups in total. The van der Waals surface area contributed by atoms with Gasteiger partial charge in [-0.1, -0.05) is 60.3 Å². The Labute approximate surface area is 256 Å². The van der Waals surface area contributed by atoms with Crippen LogP contribution in [0, 0.1) is 0 Å². The van der Waals surface area contributed by atoms with E-state index in [1.165, 1.54) is 0 Å². The van der Waals surface area contributed by atoms with Crippen molar-refractivity contribution in [3.63, 3.8) is 0 Å². The SMILES string of the molecule is C=C1CCC(N2C(=O)c3ccc(C(C)(C)C)cc3C2=O)C(=O)N1.CC(C)(C)c1ccc(C(=O)NC2CCC(=O)NC2=O)nc1. The number of nitrogens with one attached hydrogen (secondary N) is 3. The van der Waals surface area contributed by atoms with Crippen molar-refractivity contribution < 1.29 is 28.8 Å². The van der Waals surface area contributed by atoms with Crippen LogP contribution in [0.3, 0.4) is 0 Å². The molecule has 3 aliphatic heterocycles. The van der Waals surface area contributed by atoms with Gasteiger partial charge in [-0.15, -0.1) is 0 Å². The van der Waals surface area contributed by atoms with Gasteiger partial charge in [-0.25, -0.2) is 0 Å². The zero-order valence-corrected chi connectivity index (χ0v) is 26.0. The molecule has 0 spiro atoms. The third-order valence-electron chi connectivity index (χ3n) is 7.82. The summed E-state index contributed by atoms with van der Waals surface area (Å²) in [5.74, 6) is -2.30. The number of fused-ring (bicyclic) bond motifs is 1. The number of carbonyl (C=O) groups excluding carboxylic acids is 6. The van der Waals surface area contributed by atoms with Crippen LogP contribution < -0.4 is 16.0 Å². The van der Waals surface area contributed by atoms with Gasteiger partial charge in [-0.2, -0.15) is 0 Å². The second-order valence-corrected chi connectivity index (χ2v) is 13.3. The third kappa shape index (κ3) is 6.93. The van der Waals surface area contributed by atoms with E-state index in [2.05, 4.69) is 48.3 Å². The molecule has 0 bridgehead atoms. The van der Waals surface area contributed by atoms with Crippen molar-refractivity contribution in [2.45, 2.75) is 90.1 Å². The number of piperidine rings is 2. The molecule has 0 saturated carbocycles. The van der Waals surface area contributed by atoms with Crippen LogP contribution in [0.4, 0.5) is 0 Å². The van der Waals surface area contributed by atoms with Crippen molar-refractivity contribution in [2.75, 3.05) is 0 Å². The molecule has 11 heteroatoms. The van der Waals surface area contributed by atoms with Crippen molar-refractivity contribution in [3.05, 3.63) is 76.8 Å². The molecular weight excluding hydrogens is 562 g/mol. The second-order valence-electron chi connectivity index (χ2n) is 13.3. The fourth-order valence-corrected chi connectivity index (χ4v) is 5.05. The predicted octanol–water partition coefficient (Wildman–Crippen LogP) is 3.29. The molecule has 0 radical (unpaired) electrons. The Morgan fingerprint density at radius 2 is 1.48 bits per heavy atom. The number of aromatic nitrogens is 1. The normalized spacial score (nSPS) is 20.4. The fraction of sp³-hybridized carbons (Fsp3) is 0.424. The molecule has 2 unspecified atom stereocenters. The fourth-order valence-electron chi connectivity index (χ4n) is 5.05.